The molecule has 0 bridgehead atoms. The van der Waals surface area contributed by atoms with Gasteiger partial charge in [-0.3, -0.25) is 0 Å². The van der Waals surface area contributed by atoms with Crippen molar-refractivity contribution in [2.24, 2.45) is 0 Å². The van der Waals surface area contributed by atoms with Gasteiger partial charge in [0.25, 0.3) is 0 Å². The third-order valence-corrected chi connectivity index (χ3v) is 4.72. The molecule has 0 fully saturated rings. The summed E-state index contributed by atoms with van der Waals surface area (Å²) in [6.07, 6.45) is 0. The third-order valence-electron chi connectivity index (χ3n) is 2.75. The van der Waals surface area contributed by atoms with Gasteiger partial charge in [0.1, 0.15) is 0 Å². The minimum absolute atomic E-state index is 0.0841. The lowest BCUT2D eigenvalue weighted by molar-refractivity contribution is 0.595. The average molecular weight is 296 g/mol. The lowest BCUT2D eigenvalue weighted by Crippen LogP contribution is -2.08. The molecule has 2 rings (SSSR count). The number of hydrogen-bond acceptors (Lipinski definition) is 3. The lowest BCUT2D eigenvalue weighted by atomic mass is 10.2. The van der Waals surface area contributed by atoms with Crippen LogP contribution in [0, 0.1) is 6.92 Å². The molecule has 0 spiro atoms. The van der Waals surface area contributed by atoms with E-state index in [0.717, 1.165) is 11.1 Å². The zero-order valence-corrected chi connectivity index (χ0v) is 12.0. The molecule has 0 saturated heterocycles. The van der Waals surface area contributed by atoms with E-state index in [0.29, 0.717) is 5.02 Å². The van der Waals surface area contributed by atoms with Gasteiger partial charge in [-0.05, 0) is 30.7 Å². The smallest absolute Gasteiger partial charge is 0.184 e. The van der Waals surface area contributed by atoms with Crippen LogP contribution in [0.5, 0.6) is 0 Å². The van der Waals surface area contributed by atoms with Crippen LogP contribution in [-0.4, -0.2) is 8.42 Å². The van der Waals surface area contributed by atoms with Gasteiger partial charge >= 0.3 is 0 Å². The van der Waals surface area contributed by atoms with Crippen molar-refractivity contribution < 1.29 is 8.42 Å². The molecular formula is C14H14ClNO2S. The van der Waals surface area contributed by atoms with Crippen molar-refractivity contribution in [1.82, 2.24) is 0 Å². The molecule has 2 aromatic carbocycles. The number of aryl methyl sites for hydroxylation is 1. The Bertz CT molecular complexity index is 711. The number of rotatable bonds is 3. The van der Waals surface area contributed by atoms with Crippen LogP contribution in [0.2, 0.25) is 5.02 Å². The van der Waals surface area contributed by atoms with Gasteiger partial charge in [-0.1, -0.05) is 41.4 Å². The van der Waals surface area contributed by atoms with Gasteiger partial charge in [0, 0.05) is 5.02 Å². The minimum atomic E-state index is -3.49. The number of benzene rings is 2. The summed E-state index contributed by atoms with van der Waals surface area (Å²) in [5, 5.41) is 0.358. The summed E-state index contributed by atoms with van der Waals surface area (Å²) in [7, 11) is -3.49. The molecule has 2 aromatic rings. The fraction of sp³-hybridized carbons (Fsp3) is 0.143. The predicted octanol–water partition coefficient (Wildman–Crippen LogP) is 3.20. The standard InChI is InChI=1S/C14H14ClNO2S/c1-10-3-2-4-11(7-10)9-19(17,18)14-8-12(15)5-6-13(14)16/h2-8H,9,16H2,1H3. The Balaban J connectivity index is 2.40. The Labute approximate surface area is 117 Å². The highest BCUT2D eigenvalue weighted by Gasteiger charge is 2.18. The Morgan fingerprint density at radius 1 is 1.16 bits per heavy atom. The van der Waals surface area contributed by atoms with E-state index >= 15 is 0 Å². The summed E-state index contributed by atoms with van der Waals surface area (Å²) in [6, 6.07) is 11.9. The normalized spacial score (nSPS) is 11.5. The number of hydrogen-bond donors (Lipinski definition) is 1. The Kier molecular flexibility index (Phi) is 3.83. The first kappa shape index (κ1) is 13.9. The van der Waals surface area contributed by atoms with Crippen LogP contribution in [-0.2, 0) is 15.6 Å². The Morgan fingerprint density at radius 3 is 2.58 bits per heavy atom. The molecule has 100 valence electrons. The highest BCUT2D eigenvalue weighted by molar-refractivity contribution is 7.90. The van der Waals surface area contributed by atoms with E-state index in [1.807, 2.05) is 25.1 Å². The molecule has 3 nitrogen and oxygen atoms in total. The minimum Gasteiger partial charge on any atom is -0.398 e. The van der Waals surface area contributed by atoms with E-state index in [4.69, 9.17) is 17.3 Å². The quantitative estimate of drug-likeness (QED) is 0.885. The summed E-state index contributed by atoms with van der Waals surface area (Å²) in [6.45, 7) is 1.92. The van der Waals surface area contributed by atoms with E-state index < -0.39 is 9.84 Å². The molecule has 19 heavy (non-hydrogen) atoms. The molecule has 0 aromatic heterocycles. The molecule has 0 radical (unpaired) electrons. The highest BCUT2D eigenvalue weighted by Crippen LogP contribution is 2.26. The van der Waals surface area contributed by atoms with Crippen LogP contribution in [0.1, 0.15) is 11.1 Å². The second kappa shape index (κ2) is 5.23. The number of halogens is 1. The maximum atomic E-state index is 12.3. The Morgan fingerprint density at radius 2 is 1.89 bits per heavy atom. The summed E-state index contributed by atoms with van der Waals surface area (Å²) in [5.41, 5.74) is 7.70. The number of nitrogen functional groups attached to an aromatic ring is 1. The third kappa shape index (κ3) is 3.28. The first-order valence-corrected chi connectivity index (χ1v) is 7.75. The molecule has 0 aliphatic carbocycles. The second-order valence-corrected chi connectivity index (χ2v) is 6.82. The van der Waals surface area contributed by atoms with E-state index in [-0.39, 0.29) is 16.3 Å². The molecule has 0 saturated carbocycles. The topological polar surface area (TPSA) is 60.2 Å². The van der Waals surface area contributed by atoms with Gasteiger partial charge in [0.15, 0.2) is 9.84 Å². The maximum Gasteiger partial charge on any atom is 0.184 e. The van der Waals surface area contributed by atoms with Crippen LogP contribution in [0.25, 0.3) is 0 Å². The molecule has 5 heteroatoms. The molecule has 0 unspecified atom stereocenters. The molecule has 0 amide bonds. The zero-order chi connectivity index (χ0) is 14.0. The van der Waals surface area contributed by atoms with Crippen LogP contribution in [0.4, 0.5) is 5.69 Å². The molecule has 0 atom stereocenters. The van der Waals surface area contributed by atoms with Gasteiger partial charge in [0.2, 0.25) is 0 Å². The van der Waals surface area contributed by atoms with Gasteiger partial charge < -0.3 is 5.73 Å². The van der Waals surface area contributed by atoms with E-state index in [1.165, 1.54) is 12.1 Å². The first-order chi connectivity index (χ1) is 8.88. The van der Waals surface area contributed by atoms with Crippen molar-refractivity contribution in [2.45, 2.75) is 17.6 Å². The predicted molar refractivity (Wildman–Crippen MR) is 77.9 cm³/mol. The number of nitrogens with two attached hydrogens (primary N) is 1. The first-order valence-electron chi connectivity index (χ1n) is 5.72. The molecule has 0 heterocycles. The molecular weight excluding hydrogens is 282 g/mol. The van der Waals surface area contributed by atoms with E-state index in [2.05, 4.69) is 0 Å². The summed E-state index contributed by atoms with van der Waals surface area (Å²) in [4.78, 5) is 0.0847. The van der Waals surface area contributed by atoms with Crippen molar-refractivity contribution >= 4 is 27.1 Å². The Hall–Kier alpha value is -1.52. The van der Waals surface area contributed by atoms with Gasteiger partial charge in [-0.15, -0.1) is 0 Å². The number of sulfone groups is 1. The van der Waals surface area contributed by atoms with Crippen molar-refractivity contribution in [1.29, 1.82) is 0 Å². The SMILES string of the molecule is Cc1cccc(CS(=O)(=O)c2cc(Cl)ccc2N)c1. The second-order valence-electron chi connectivity index (χ2n) is 4.43. The summed E-state index contributed by atoms with van der Waals surface area (Å²) >= 11 is 5.83. The zero-order valence-electron chi connectivity index (χ0n) is 10.4. The van der Waals surface area contributed by atoms with Gasteiger partial charge in [-0.25, -0.2) is 8.42 Å². The maximum absolute atomic E-state index is 12.3. The average Bonchev–Trinajstić information content (AvgIpc) is 2.31. The molecule has 0 aliphatic rings. The largest absolute Gasteiger partial charge is 0.398 e. The highest BCUT2D eigenvalue weighted by atomic mass is 35.5. The van der Waals surface area contributed by atoms with Crippen molar-refractivity contribution in [3.63, 3.8) is 0 Å². The fourth-order valence-electron chi connectivity index (χ4n) is 1.88. The van der Waals surface area contributed by atoms with Crippen molar-refractivity contribution in [2.75, 3.05) is 5.73 Å². The van der Waals surface area contributed by atoms with Crippen molar-refractivity contribution in [3.8, 4) is 0 Å². The summed E-state index contributed by atoms with van der Waals surface area (Å²) < 4.78 is 24.7. The number of anilines is 1. The van der Waals surface area contributed by atoms with Crippen LogP contribution in [0.3, 0.4) is 0 Å². The summed E-state index contributed by atoms with van der Waals surface area (Å²) in [5.74, 6) is -0.0841. The van der Waals surface area contributed by atoms with Crippen molar-refractivity contribution in [3.05, 3.63) is 58.6 Å². The molecule has 2 N–H and O–H groups in total. The van der Waals surface area contributed by atoms with Gasteiger partial charge in [0.05, 0.1) is 16.3 Å². The fourth-order valence-corrected chi connectivity index (χ4v) is 3.62. The van der Waals surface area contributed by atoms with Crippen LogP contribution >= 0.6 is 11.6 Å². The monoisotopic (exact) mass is 295 g/mol. The van der Waals surface area contributed by atoms with Crippen LogP contribution < -0.4 is 5.73 Å². The van der Waals surface area contributed by atoms with E-state index in [9.17, 15) is 8.42 Å². The van der Waals surface area contributed by atoms with Gasteiger partial charge in [-0.2, -0.15) is 0 Å². The van der Waals surface area contributed by atoms with E-state index in [1.54, 1.807) is 12.1 Å². The molecule has 0 aliphatic heterocycles. The lowest BCUT2D eigenvalue weighted by Gasteiger charge is -2.08. The van der Waals surface area contributed by atoms with Crippen LogP contribution in [0.15, 0.2) is 47.4 Å².